The van der Waals surface area contributed by atoms with E-state index in [2.05, 4.69) is 15.5 Å². The van der Waals surface area contributed by atoms with E-state index in [0.717, 1.165) is 30.3 Å². The fourth-order valence-corrected chi connectivity index (χ4v) is 3.60. The van der Waals surface area contributed by atoms with Gasteiger partial charge in [-0.05, 0) is 43.9 Å². The highest BCUT2D eigenvalue weighted by molar-refractivity contribution is 8.23. The van der Waals surface area contributed by atoms with Crippen LogP contribution in [0.4, 0.5) is 5.69 Å². The van der Waals surface area contributed by atoms with Crippen molar-refractivity contribution in [3.05, 3.63) is 29.8 Å². The van der Waals surface area contributed by atoms with Crippen LogP contribution in [0, 0.1) is 0 Å². The second kappa shape index (κ2) is 7.98. The first-order chi connectivity index (χ1) is 11.6. The van der Waals surface area contributed by atoms with Gasteiger partial charge in [-0.2, -0.15) is 0 Å². The third kappa shape index (κ3) is 4.95. The summed E-state index contributed by atoms with van der Waals surface area (Å²) in [5.41, 5.74) is 1.20. The molecule has 0 atom stereocenters. The van der Waals surface area contributed by atoms with Crippen LogP contribution in [0.5, 0.6) is 0 Å². The zero-order chi connectivity index (χ0) is 16.9. The maximum absolute atomic E-state index is 12.1. The molecule has 3 rings (SSSR count). The molecule has 1 aromatic rings. The maximum Gasteiger partial charge on any atom is 0.251 e. The van der Waals surface area contributed by atoms with Crippen molar-refractivity contribution >= 4 is 45.8 Å². The minimum absolute atomic E-state index is 0.0850. The van der Waals surface area contributed by atoms with Gasteiger partial charge in [0.1, 0.15) is 4.32 Å². The molecule has 7 heteroatoms. The van der Waals surface area contributed by atoms with Crippen LogP contribution in [0.1, 0.15) is 36.0 Å². The van der Waals surface area contributed by atoms with E-state index in [1.165, 1.54) is 24.6 Å². The van der Waals surface area contributed by atoms with Gasteiger partial charge in [0.05, 0.1) is 5.75 Å². The standard InChI is InChI=1S/C17H21N3O2S2/c21-15(11-24-17(23)20-8-1-2-9-20)18-14-5-3-4-12(10-14)16(22)19-13-6-7-13/h3-5,10,13H,1-2,6-9,11H2,(H,18,21)(H,19,22). The van der Waals surface area contributed by atoms with E-state index in [4.69, 9.17) is 12.2 Å². The number of benzene rings is 1. The van der Waals surface area contributed by atoms with Crippen molar-refractivity contribution in [2.45, 2.75) is 31.7 Å². The number of thiocarbonyl (C=S) groups is 1. The number of carbonyl (C=O) groups is 2. The molecule has 2 amide bonds. The summed E-state index contributed by atoms with van der Waals surface area (Å²) in [6.45, 7) is 1.98. The Morgan fingerprint density at radius 1 is 1.25 bits per heavy atom. The monoisotopic (exact) mass is 363 g/mol. The Balaban J connectivity index is 1.48. The molecule has 1 aliphatic heterocycles. The molecule has 0 radical (unpaired) electrons. The lowest BCUT2D eigenvalue weighted by atomic mass is 10.2. The summed E-state index contributed by atoms with van der Waals surface area (Å²) >= 11 is 6.75. The highest BCUT2D eigenvalue weighted by atomic mass is 32.2. The summed E-state index contributed by atoms with van der Waals surface area (Å²) in [5.74, 6) is 0.0906. The SMILES string of the molecule is O=C(CSC(=S)N1CCCC1)Nc1cccc(C(=O)NC2CC2)c1. The van der Waals surface area contributed by atoms with E-state index in [1.807, 2.05) is 0 Å². The molecular weight excluding hydrogens is 342 g/mol. The molecule has 1 heterocycles. The maximum atomic E-state index is 12.1. The molecule has 0 aromatic heterocycles. The van der Waals surface area contributed by atoms with E-state index < -0.39 is 0 Å². The Morgan fingerprint density at radius 3 is 2.71 bits per heavy atom. The van der Waals surface area contributed by atoms with Crippen molar-refractivity contribution in [1.82, 2.24) is 10.2 Å². The first-order valence-corrected chi connectivity index (χ1v) is 9.64. The predicted molar refractivity (Wildman–Crippen MR) is 101 cm³/mol. The normalized spacial score (nSPS) is 16.8. The molecule has 0 spiro atoms. The summed E-state index contributed by atoms with van der Waals surface area (Å²) in [6.07, 6.45) is 4.44. The van der Waals surface area contributed by atoms with Crippen LogP contribution in [0.3, 0.4) is 0 Å². The van der Waals surface area contributed by atoms with Crippen molar-refractivity contribution in [2.24, 2.45) is 0 Å². The fraction of sp³-hybridized carbons (Fsp3) is 0.471. The summed E-state index contributed by atoms with van der Waals surface area (Å²) in [6, 6.07) is 7.34. The average Bonchev–Trinajstić information content (AvgIpc) is 3.22. The van der Waals surface area contributed by atoms with Crippen LogP contribution in [0.2, 0.25) is 0 Å². The van der Waals surface area contributed by atoms with Crippen molar-refractivity contribution in [3.63, 3.8) is 0 Å². The molecule has 0 bridgehead atoms. The highest BCUT2D eigenvalue weighted by Crippen LogP contribution is 2.20. The molecule has 1 aromatic carbocycles. The molecule has 2 aliphatic rings. The molecule has 128 valence electrons. The lowest BCUT2D eigenvalue weighted by Crippen LogP contribution is -2.26. The van der Waals surface area contributed by atoms with Crippen LogP contribution in [0.25, 0.3) is 0 Å². The molecule has 24 heavy (non-hydrogen) atoms. The second-order valence-electron chi connectivity index (χ2n) is 6.13. The quantitative estimate of drug-likeness (QED) is 0.788. The number of carbonyl (C=O) groups excluding carboxylic acids is 2. The van der Waals surface area contributed by atoms with Gasteiger partial charge in [-0.25, -0.2) is 0 Å². The van der Waals surface area contributed by atoms with E-state index >= 15 is 0 Å². The molecule has 1 aliphatic carbocycles. The van der Waals surface area contributed by atoms with E-state index in [0.29, 0.717) is 17.3 Å². The topological polar surface area (TPSA) is 61.4 Å². The number of nitrogens with one attached hydrogen (secondary N) is 2. The van der Waals surface area contributed by atoms with E-state index in [9.17, 15) is 9.59 Å². The Bertz CT molecular complexity index is 640. The minimum atomic E-state index is -0.110. The second-order valence-corrected chi connectivity index (χ2v) is 7.73. The minimum Gasteiger partial charge on any atom is -0.358 e. The van der Waals surface area contributed by atoms with Crippen LogP contribution in [-0.2, 0) is 4.79 Å². The number of likely N-dealkylation sites (tertiary alicyclic amines) is 1. The Labute approximate surface area is 151 Å². The Kier molecular flexibility index (Phi) is 5.73. The number of rotatable bonds is 5. The van der Waals surface area contributed by atoms with Gasteiger partial charge in [-0.1, -0.05) is 30.0 Å². The zero-order valence-corrected chi connectivity index (χ0v) is 15.0. The number of anilines is 1. The largest absolute Gasteiger partial charge is 0.358 e. The third-order valence-corrected chi connectivity index (χ3v) is 5.54. The molecule has 0 unspecified atom stereocenters. The van der Waals surface area contributed by atoms with Crippen molar-refractivity contribution in [1.29, 1.82) is 0 Å². The van der Waals surface area contributed by atoms with Gasteiger partial charge in [0, 0.05) is 30.4 Å². The molecule has 5 nitrogen and oxygen atoms in total. The van der Waals surface area contributed by atoms with Gasteiger partial charge < -0.3 is 15.5 Å². The fourth-order valence-electron chi connectivity index (χ4n) is 2.55. The van der Waals surface area contributed by atoms with Crippen LogP contribution < -0.4 is 10.6 Å². The van der Waals surface area contributed by atoms with Crippen molar-refractivity contribution < 1.29 is 9.59 Å². The zero-order valence-electron chi connectivity index (χ0n) is 13.4. The lowest BCUT2D eigenvalue weighted by molar-refractivity contribution is -0.113. The first-order valence-electron chi connectivity index (χ1n) is 8.24. The number of amides is 2. The summed E-state index contributed by atoms with van der Waals surface area (Å²) in [4.78, 5) is 26.3. The van der Waals surface area contributed by atoms with E-state index in [1.54, 1.807) is 24.3 Å². The number of nitrogens with zero attached hydrogens (tertiary/aromatic N) is 1. The van der Waals surface area contributed by atoms with Gasteiger partial charge in [0.15, 0.2) is 0 Å². The van der Waals surface area contributed by atoms with Crippen molar-refractivity contribution in [2.75, 3.05) is 24.2 Å². The highest BCUT2D eigenvalue weighted by Gasteiger charge is 2.23. The third-order valence-electron chi connectivity index (χ3n) is 4.01. The number of thioether (sulfide) groups is 1. The van der Waals surface area contributed by atoms with Crippen LogP contribution in [0.15, 0.2) is 24.3 Å². The smallest absolute Gasteiger partial charge is 0.251 e. The Hall–Kier alpha value is -1.60. The molecule has 1 saturated heterocycles. The van der Waals surface area contributed by atoms with Crippen LogP contribution in [-0.4, -0.2) is 45.9 Å². The van der Waals surface area contributed by atoms with Gasteiger partial charge in [-0.3, -0.25) is 9.59 Å². The summed E-state index contributed by atoms with van der Waals surface area (Å²) in [7, 11) is 0. The Morgan fingerprint density at radius 2 is 2.00 bits per heavy atom. The average molecular weight is 364 g/mol. The van der Waals surface area contributed by atoms with Crippen LogP contribution >= 0.6 is 24.0 Å². The van der Waals surface area contributed by atoms with Gasteiger partial charge in [0.25, 0.3) is 5.91 Å². The molecule has 2 fully saturated rings. The number of hydrogen-bond donors (Lipinski definition) is 2. The summed E-state index contributed by atoms with van der Waals surface area (Å²) < 4.78 is 0.792. The molecule has 2 N–H and O–H groups in total. The number of hydrogen-bond acceptors (Lipinski definition) is 4. The van der Waals surface area contributed by atoms with Gasteiger partial charge >= 0.3 is 0 Å². The lowest BCUT2D eigenvalue weighted by Gasteiger charge is -2.17. The summed E-state index contributed by atoms with van der Waals surface area (Å²) in [5, 5.41) is 5.78. The van der Waals surface area contributed by atoms with Gasteiger partial charge in [-0.15, -0.1) is 0 Å². The van der Waals surface area contributed by atoms with Gasteiger partial charge in [0.2, 0.25) is 5.91 Å². The van der Waals surface area contributed by atoms with E-state index in [-0.39, 0.29) is 17.6 Å². The first kappa shape index (κ1) is 17.2. The predicted octanol–water partition coefficient (Wildman–Crippen LogP) is 2.63. The van der Waals surface area contributed by atoms with Crippen molar-refractivity contribution in [3.8, 4) is 0 Å². The molecular formula is C17H21N3O2S2. The molecule has 1 saturated carbocycles.